The molecule has 1 saturated heterocycles. The number of nitrogens with one attached hydrogen (secondary N) is 1. The lowest BCUT2D eigenvalue weighted by Gasteiger charge is -2.50. The maximum absolute atomic E-state index is 14.2. The average molecular weight is 307 g/mol. The maximum Gasteiger partial charge on any atom is 0.272 e. The monoisotopic (exact) mass is 307 g/mol. The van der Waals surface area contributed by atoms with Gasteiger partial charge < -0.3 is 5.32 Å². The van der Waals surface area contributed by atoms with Crippen LogP contribution in [0.3, 0.4) is 0 Å². The van der Waals surface area contributed by atoms with Gasteiger partial charge in [-0.05, 0) is 18.9 Å². The molecule has 1 aliphatic heterocycles. The van der Waals surface area contributed by atoms with Crippen molar-refractivity contribution in [1.82, 2.24) is 10.2 Å². The van der Waals surface area contributed by atoms with Gasteiger partial charge in [-0.3, -0.25) is 15.0 Å². The molecule has 2 fully saturated rings. The molecule has 22 heavy (non-hydrogen) atoms. The number of benzene rings is 1. The summed E-state index contributed by atoms with van der Waals surface area (Å²) in [5.74, 6) is -0.473. The van der Waals surface area contributed by atoms with Crippen LogP contribution >= 0.6 is 0 Å². The zero-order valence-electron chi connectivity index (χ0n) is 12.7. The highest BCUT2D eigenvalue weighted by molar-refractivity contribution is 5.34. The van der Waals surface area contributed by atoms with E-state index >= 15 is 0 Å². The predicted molar refractivity (Wildman–Crippen MR) is 82.2 cm³/mol. The molecule has 1 heterocycles. The normalized spacial score (nSPS) is 21.9. The van der Waals surface area contributed by atoms with E-state index in [0.29, 0.717) is 12.1 Å². The second-order valence-electron chi connectivity index (χ2n) is 6.42. The van der Waals surface area contributed by atoms with Crippen LogP contribution in [0.15, 0.2) is 18.2 Å². The average Bonchev–Trinajstić information content (AvgIpc) is 2.52. The molecule has 0 atom stereocenters. The Bertz CT molecular complexity index is 550. The molecule has 1 saturated carbocycles. The molecular weight excluding hydrogens is 285 g/mol. The largest absolute Gasteiger partial charge is 0.314 e. The van der Waals surface area contributed by atoms with Crippen molar-refractivity contribution in [3.8, 4) is 0 Å². The van der Waals surface area contributed by atoms with E-state index in [0.717, 1.165) is 38.5 Å². The molecule has 0 radical (unpaired) electrons. The van der Waals surface area contributed by atoms with Crippen molar-refractivity contribution in [2.24, 2.45) is 0 Å². The summed E-state index contributed by atoms with van der Waals surface area (Å²) >= 11 is 0. The third kappa shape index (κ3) is 2.98. The molecule has 3 rings (SSSR count). The number of piperazine rings is 1. The fourth-order valence-electron chi connectivity index (χ4n) is 3.82. The predicted octanol–water partition coefficient (Wildman–Crippen LogP) is 2.84. The molecule has 6 heteroatoms. The van der Waals surface area contributed by atoms with Gasteiger partial charge in [0.1, 0.15) is 5.82 Å². The summed E-state index contributed by atoms with van der Waals surface area (Å²) in [7, 11) is 0. The number of halogens is 1. The van der Waals surface area contributed by atoms with Crippen LogP contribution in [-0.4, -0.2) is 35.0 Å². The van der Waals surface area contributed by atoms with Gasteiger partial charge in [0.2, 0.25) is 0 Å². The van der Waals surface area contributed by atoms with E-state index in [1.54, 1.807) is 6.07 Å². The molecule has 1 aromatic rings. The third-order valence-electron chi connectivity index (χ3n) is 5.08. The van der Waals surface area contributed by atoms with Crippen molar-refractivity contribution in [1.29, 1.82) is 0 Å². The number of nitro benzene ring substituents is 1. The van der Waals surface area contributed by atoms with Crippen LogP contribution in [0.4, 0.5) is 10.1 Å². The van der Waals surface area contributed by atoms with Gasteiger partial charge in [-0.25, -0.2) is 4.39 Å². The van der Waals surface area contributed by atoms with Crippen LogP contribution in [0.25, 0.3) is 0 Å². The second-order valence-corrected chi connectivity index (χ2v) is 6.42. The summed E-state index contributed by atoms with van der Waals surface area (Å²) in [6.07, 6.45) is 6.02. The first kappa shape index (κ1) is 15.4. The molecule has 0 bridgehead atoms. The fourth-order valence-corrected chi connectivity index (χ4v) is 3.82. The summed E-state index contributed by atoms with van der Waals surface area (Å²) < 4.78 is 14.2. The van der Waals surface area contributed by atoms with Gasteiger partial charge in [-0.15, -0.1) is 0 Å². The molecule has 1 aromatic carbocycles. The minimum atomic E-state index is -0.555. The van der Waals surface area contributed by atoms with Gasteiger partial charge in [0.25, 0.3) is 5.69 Å². The SMILES string of the molecule is O=[N+]([O-])c1ccc(CN2CCNCC23CCCCC3)c(F)c1. The smallest absolute Gasteiger partial charge is 0.272 e. The van der Waals surface area contributed by atoms with Crippen molar-refractivity contribution >= 4 is 5.69 Å². The Labute approximate surface area is 129 Å². The number of nitrogens with zero attached hydrogens (tertiary/aromatic N) is 2. The van der Waals surface area contributed by atoms with E-state index in [2.05, 4.69) is 10.2 Å². The van der Waals surface area contributed by atoms with Crippen molar-refractivity contribution in [2.45, 2.75) is 44.2 Å². The first-order chi connectivity index (χ1) is 10.6. The third-order valence-corrected chi connectivity index (χ3v) is 5.08. The van der Waals surface area contributed by atoms with E-state index in [4.69, 9.17) is 0 Å². The van der Waals surface area contributed by atoms with Gasteiger partial charge in [-0.2, -0.15) is 0 Å². The molecule has 5 nitrogen and oxygen atoms in total. The first-order valence-corrected chi connectivity index (χ1v) is 7.99. The van der Waals surface area contributed by atoms with Crippen molar-refractivity contribution < 1.29 is 9.31 Å². The number of nitro groups is 1. The molecule has 0 unspecified atom stereocenters. The van der Waals surface area contributed by atoms with Crippen LogP contribution in [-0.2, 0) is 6.54 Å². The summed E-state index contributed by atoms with van der Waals surface area (Å²) in [4.78, 5) is 12.5. The highest BCUT2D eigenvalue weighted by Crippen LogP contribution is 2.35. The van der Waals surface area contributed by atoms with Crippen molar-refractivity contribution in [2.75, 3.05) is 19.6 Å². The highest BCUT2D eigenvalue weighted by atomic mass is 19.1. The Hall–Kier alpha value is -1.53. The fraction of sp³-hybridized carbons (Fsp3) is 0.625. The quantitative estimate of drug-likeness (QED) is 0.689. The standard InChI is InChI=1S/C16H22FN3O2/c17-15-10-14(20(21)22)5-4-13(15)11-19-9-8-18-12-16(19)6-2-1-3-7-16/h4-5,10,18H,1-3,6-9,11-12H2. The molecule has 0 amide bonds. The van der Waals surface area contributed by atoms with E-state index in [9.17, 15) is 14.5 Å². The minimum Gasteiger partial charge on any atom is -0.314 e. The van der Waals surface area contributed by atoms with E-state index in [-0.39, 0.29) is 11.2 Å². The van der Waals surface area contributed by atoms with Crippen LogP contribution in [0.2, 0.25) is 0 Å². The highest BCUT2D eigenvalue weighted by Gasteiger charge is 2.39. The molecule has 2 aliphatic rings. The Balaban J connectivity index is 1.79. The lowest BCUT2D eigenvalue weighted by molar-refractivity contribution is -0.385. The van der Waals surface area contributed by atoms with E-state index in [1.807, 2.05) is 0 Å². The molecular formula is C16H22FN3O2. The van der Waals surface area contributed by atoms with Crippen LogP contribution < -0.4 is 5.32 Å². The molecule has 1 aliphatic carbocycles. The number of rotatable bonds is 3. The Kier molecular flexibility index (Phi) is 4.40. The van der Waals surface area contributed by atoms with Gasteiger partial charge in [0.05, 0.1) is 11.0 Å². The Morgan fingerprint density at radius 3 is 2.77 bits per heavy atom. The molecule has 120 valence electrons. The van der Waals surface area contributed by atoms with Crippen molar-refractivity contribution in [3.63, 3.8) is 0 Å². The zero-order chi connectivity index (χ0) is 15.6. The number of hydrogen-bond acceptors (Lipinski definition) is 4. The van der Waals surface area contributed by atoms with E-state index in [1.165, 1.54) is 25.3 Å². The van der Waals surface area contributed by atoms with Crippen LogP contribution in [0, 0.1) is 15.9 Å². The number of non-ortho nitro benzene ring substituents is 1. The summed E-state index contributed by atoms with van der Waals surface area (Å²) in [5, 5.41) is 14.2. The lowest BCUT2D eigenvalue weighted by atomic mass is 9.79. The second kappa shape index (κ2) is 6.30. The molecule has 1 spiro atoms. The van der Waals surface area contributed by atoms with Gasteiger partial charge in [-0.1, -0.05) is 19.3 Å². The van der Waals surface area contributed by atoms with Gasteiger partial charge in [0, 0.05) is 43.3 Å². The summed E-state index contributed by atoms with van der Waals surface area (Å²) in [6.45, 7) is 3.31. The van der Waals surface area contributed by atoms with Gasteiger partial charge in [0.15, 0.2) is 0 Å². The molecule has 1 N–H and O–H groups in total. The Morgan fingerprint density at radius 1 is 1.32 bits per heavy atom. The zero-order valence-corrected chi connectivity index (χ0v) is 12.7. The van der Waals surface area contributed by atoms with E-state index < -0.39 is 10.7 Å². The minimum absolute atomic E-state index is 0.130. The summed E-state index contributed by atoms with van der Waals surface area (Å²) in [6, 6.07) is 3.99. The van der Waals surface area contributed by atoms with Gasteiger partial charge >= 0.3 is 0 Å². The molecule has 0 aromatic heterocycles. The summed E-state index contributed by atoms with van der Waals surface area (Å²) in [5.41, 5.74) is 0.497. The Morgan fingerprint density at radius 2 is 2.09 bits per heavy atom. The first-order valence-electron chi connectivity index (χ1n) is 7.99. The van der Waals surface area contributed by atoms with Crippen molar-refractivity contribution in [3.05, 3.63) is 39.7 Å². The lowest BCUT2D eigenvalue weighted by Crippen LogP contribution is -2.61. The maximum atomic E-state index is 14.2. The number of hydrogen-bond donors (Lipinski definition) is 1. The van der Waals surface area contributed by atoms with Crippen LogP contribution in [0.5, 0.6) is 0 Å². The topological polar surface area (TPSA) is 58.4 Å². The van der Waals surface area contributed by atoms with Crippen LogP contribution in [0.1, 0.15) is 37.7 Å².